The predicted molar refractivity (Wildman–Crippen MR) is 116 cm³/mol. The smallest absolute Gasteiger partial charge is 0.240 e. The molecule has 0 aliphatic rings. The lowest BCUT2D eigenvalue weighted by Gasteiger charge is -2.22. The number of anilines is 1. The van der Waals surface area contributed by atoms with Gasteiger partial charge in [-0.3, -0.25) is 9.10 Å². The van der Waals surface area contributed by atoms with Crippen LogP contribution in [0.1, 0.15) is 11.1 Å². The van der Waals surface area contributed by atoms with Crippen LogP contribution in [0.2, 0.25) is 0 Å². The Labute approximate surface area is 174 Å². The third-order valence-corrected chi connectivity index (χ3v) is 5.90. The van der Waals surface area contributed by atoms with E-state index in [1.165, 1.54) is 0 Å². The van der Waals surface area contributed by atoms with Crippen LogP contribution in [-0.4, -0.2) is 40.3 Å². The highest BCUT2D eigenvalue weighted by molar-refractivity contribution is 14.1. The number of rotatable bonds is 8. The molecule has 0 saturated heterocycles. The van der Waals surface area contributed by atoms with E-state index in [9.17, 15) is 13.2 Å². The summed E-state index contributed by atoms with van der Waals surface area (Å²) in [6.07, 6.45) is 1.09. The number of halogens is 1. The van der Waals surface area contributed by atoms with E-state index >= 15 is 0 Å². The molecule has 0 spiro atoms. The first-order valence-corrected chi connectivity index (χ1v) is 11.3. The number of nitrogens with zero attached hydrogens (tertiary/aromatic N) is 1. The van der Waals surface area contributed by atoms with Gasteiger partial charge in [-0.2, -0.15) is 0 Å². The molecular formula is C19H23IN2O4S. The van der Waals surface area contributed by atoms with Gasteiger partial charge in [0.25, 0.3) is 0 Å². The minimum absolute atomic E-state index is 0.275. The van der Waals surface area contributed by atoms with Crippen molar-refractivity contribution in [2.75, 3.05) is 30.3 Å². The first kappa shape index (κ1) is 21.5. The van der Waals surface area contributed by atoms with E-state index in [4.69, 9.17) is 4.74 Å². The Morgan fingerprint density at radius 3 is 2.44 bits per heavy atom. The maximum atomic E-state index is 12.2. The molecule has 2 rings (SSSR count). The zero-order valence-electron chi connectivity index (χ0n) is 15.5. The normalized spacial score (nSPS) is 11.1. The molecule has 8 heteroatoms. The largest absolute Gasteiger partial charge is 0.491 e. The van der Waals surface area contributed by atoms with Crippen LogP contribution in [0.25, 0.3) is 0 Å². The Hall–Kier alpha value is -1.81. The number of carbonyl (C=O) groups excluding carboxylic acids is 1. The monoisotopic (exact) mass is 502 g/mol. The fourth-order valence-electron chi connectivity index (χ4n) is 2.43. The second-order valence-electron chi connectivity index (χ2n) is 6.14. The zero-order chi connectivity index (χ0) is 20.0. The standard InChI is InChI=1S/C19H23IN2O4S/c1-14-5-4-6-18(15(14)2)26-12-11-21-19(23)13-22(27(3,24)25)17-9-7-16(20)8-10-17/h4-10H,11-13H2,1-3H3,(H,21,23). The molecule has 0 atom stereocenters. The molecule has 0 aliphatic heterocycles. The van der Waals surface area contributed by atoms with E-state index in [1.807, 2.05) is 32.0 Å². The van der Waals surface area contributed by atoms with Crippen LogP contribution in [0, 0.1) is 17.4 Å². The Kier molecular flexibility index (Phi) is 7.49. The van der Waals surface area contributed by atoms with Gasteiger partial charge in [0, 0.05) is 3.57 Å². The average molecular weight is 502 g/mol. The highest BCUT2D eigenvalue weighted by atomic mass is 127. The van der Waals surface area contributed by atoms with Crippen LogP contribution >= 0.6 is 22.6 Å². The minimum Gasteiger partial charge on any atom is -0.491 e. The number of aryl methyl sites for hydroxylation is 1. The second-order valence-corrected chi connectivity index (χ2v) is 9.29. The first-order valence-electron chi connectivity index (χ1n) is 8.37. The summed E-state index contributed by atoms with van der Waals surface area (Å²) >= 11 is 2.14. The van der Waals surface area contributed by atoms with Gasteiger partial charge in [-0.15, -0.1) is 0 Å². The summed E-state index contributed by atoms with van der Waals surface area (Å²) in [7, 11) is -3.57. The van der Waals surface area contributed by atoms with Crippen molar-refractivity contribution in [2.45, 2.75) is 13.8 Å². The molecule has 0 bridgehead atoms. The summed E-state index contributed by atoms with van der Waals surface area (Å²) in [4.78, 5) is 12.2. The van der Waals surface area contributed by atoms with E-state index in [-0.39, 0.29) is 19.0 Å². The van der Waals surface area contributed by atoms with Crippen molar-refractivity contribution in [3.05, 3.63) is 57.2 Å². The van der Waals surface area contributed by atoms with Crippen molar-refractivity contribution in [3.63, 3.8) is 0 Å². The Morgan fingerprint density at radius 2 is 1.81 bits per heavy atom. The lowest BCUT2D eigenvalue weighted by molar-refractivity contribution is -0.119. The van der Waals surface area contributed by atoms with Gasteiger partial charge in [0.15, 0.2) is 0 Å². The zero-order valence-corrected chi connectivity index (χ0v) is 18.5. The number of nitrogens with one attached hydrogen (secondary N) is 1. The minimum atomic E-state index is -3.57. The number of amides is 1. The predicted octanol–water partition coefficient (Wildman–Crippen LogP) is 2.87. The van der Waals surface area contributed by atoms with Crippen LogP contribution in [0.3, 0.4) is 0 Å². The Balaban J connectivity index is 1.90. The maximum absolute atomic E-state index is 12.2. The van der Waals surface area contributed by atoms with Crippen LogP contribution < -0.4 is 14.4 Å². The Bertz CT molecular complexity index is 898. The molecule has 2 aromatic rings. The molecule has 0 aromatic heterocycles. The van der Waals surface area contributed by atoms with E-state index in [0.29, 0.717) is 12.3 Å². The highest BCUT2D eigenvalue weighted by Gasteiger charge is 2.20. The lowest BCUT2D eigenvalue weighted by atomic mass is 10.1. The molecule has 27 heavy (non-hydrogen) atoms. The Morgan fingerprint density at radius 1 is 1.15 bits per heavy atom. The summed E-state index contributed by atoms with van der Waals surface area (Å²) < 4.78 is 31.9. The molecular weight excluding hydrogens is 479 g/mol. The van der Waals surface area contributed by atoms with E-state index in [2.05, 4.69) is 27.9 Å². The first-order chi connectivity index (χ1) is 12.7. The van der Waals surface area contributed by atoms with Crippen LogP contribution in [-0.2, 0) is 14.8 Å². The number of hydrogen-bond donors (Lipinski definition) is 1. The molecule has 146 valence electrons. The maximum Gasteiger partial charge on any atom is 0.240 e. The molecule has 0 heterocycles. The van der Waals surface area contributed by atoms with Gasteiger partial charge >= 0.3 is 0 Å². The van der Waals surface area contributed by atoms with Crippen LogP contribution in [0.5, 0.6) is 5.75 Å². The average Bonchev–Trinajstić information content (AvgIpc) is 2.60. The van der Waals surface area contributed by atoms with Crippen molar-refractivity contribution in [1.82, 2.24) is 5.32 Å². The van der Waals surface area contributed by atoms with Gasteiger partial charge in [-0.05, 0) is 77.9 Å². The fourth-order valence-corrected chi connectivity index (χ4v) is 3.64. The van der Waals surface area contributed by atoms with Gasteiger partial charge in [0.1, 0.15) is 18.9 Å². The molecule has 6 nitrogen and oxygen atoms in total. The third-order valence-electron chi connectivity index (χ3n) is 4.04. The molecule has 1 N–H and O–H groups in total. The number of ether oxygens (including phenoxy) is 1. The second kappa shape index (κ2) is 9.41. The summed E-state index contributed by atoms with van der Waals surface area (Å²) in [6, 6.07) is 12.8. The van der Waals surface area contributed by atoms with Crippen LogP contribution in [0.15, 0.2) is 42.5 Å². The SMILES string of the molecule is Cc1cccc(OCCNC(=O)CN(c2ccc(I)cc2)S(C)(=O)=O)c1C. The van der Waals surface area contributed by atoms with Gasteiger partial charge in [0.05, 0.1) is 18.5 Å². The van der Waals surface area contributed by atoms with Crippen molar-refractivity contribution in [3.8, 4) is 5.75 Å². The van der Waals surface area contributed by atoms with Gasteiger partial charge in [-0.25, -0.2) is 8.42 Å². The fraction of sp³-hybridized carbons (Fsp3) is 0.316. The highest BCUT2D eigenvalue weighted by Crippen LogP contribution is 2.20. The molecule has 0 radical (unpaired) electrons. The van der Waals surface area contributed by atoms with Gasteiger partial charge < -0.3 is 10.1 Å². The van der Waals surface area contributed by atoms with Crippen molar-refractivity contribution in [1.29, 1.82) is 0 Å². The van der Waals surface area contributed by atoms with E-state index in [0.717, 1.165) is 31.0 Å². The molecule has 1 amide bonds. The van der Waals surface area contributed by atoms with Crippen molar-refractivity contribution >= 4 is 44.2 Å². The topological polar surface area (TPSA) is 75.7 Å². The summed E-state index contributed by atoms with van der Waals surface area (Å²) in [6.45, 7) is 4.31. The summed E-state index contributed by atoms with van der Waals surface area (Å²) in [5.41, 5.74) is 2.66. The molecule has 0 fully saturated rings. The third kappa shape index (κ3) is 6.39. The van der Waals surface area contributed by atoms with Crippen LogP contribution in [0.4, 0.5) is 5.69 Å². The molecule has 0 aliphatic carbocycles. The molecule has 2 aromatic carbocycles. The molecule has 0 unspecified atom stereocenters. The molecule has 0 saturated carbocycles. The number of sulfonamides is 1. The van der Waals surface area contributed by atoms with Crippen molar-refractivity contribution < 1.29 is 17.9 Å². The summed E-state index contributed by atoms with van der Waals surface area (Å²) in [5, 5.41) is 2.70. The quantitative estimate of drug-likeness (QED) is 0.445. The van der Waals surface area contributed by atoms with Gasteiger partial charge in [-0.1, -0.05) is 12.1 Å². The number of benzene rings is 2. The number of hydrogen-bond acceptors (Lipinski definition) is 4. The van der Waals surface area contributed by atoms with E-state index in [1.54, 1.807) is 24.3 Å². The van der Waals surface area contributed by atoms with Gasteiger partial charge in [0.2, 0.25) is 15.9 Å². The number of carbonyl (C=O) groups is 1. The van der Waals surface area contributed by atoms with E-state index < -0.39 is 10.0 Å². The summed E-state index contributed by atoms with van der Waals surface area (Å²) in [5.74, 6) is 0.393. The van der Waals surface area contributed by atoms with Crippen molar-refractivity contribution in [2.24, 2.45) is 0 Å². The lowest BCUT2D eigenvalue weighted by Crippen LogP contribution is -2.41.